The van der Waals surface area contributed by atoms with E-state index in [2.05, 4.69) is 0 Å². The van der Waals surface area contributed by atoms with E-state index < -0.39 is 47.1 Å². The van der Waals surface area contributed by atoms with Crippen LogP contribution in [0.15, 0.2) is 23.3 Å². The number of carboxylic acid groups (broad SMARTS) is 2. The Hall–Kier alpha value is -1.86. The van der Waals surface area contributed by atoms with Gasteiger partial charge in [-0.15, -0.1) is 0 Å². The molecule has 0 amide bonds. The average molecular weight is 240 g/mol. The quantitative estimate of drug-likeness (QED) is 0.720. The number of hydrogen-bond acceptors (Lipinski definition) is 2. The van der Waals surface area contributed by atoms with Crippen molar-refractivity contribution in [1.29, 1.82) is 0 Å². The number of carboxylic acids is 2. The summed E-state index contributed by atoms with van der Waals surface area (Å²) >= 11 is 0. The zero-order valence-electron chi connectivity index (χ0n) is 7.38. The molecule has 1 rings (SSSR count). The molecule has 0 saturated carbocycles. The van der Waals surface area contributed by atoms with Crippen LogP contribution in [0.2, 0.25) is 0 Å². The Kier molecular flexibility index (Phi) is 3.02. The maximum atomic E-state index is 12.9. The molecule has 2 atom stereocenters. The fraction of sp³-hybridized carbons (Fsp3) is 0.250. The maximum Gasteiger partial charge on any atom is 0.314 e. The highest BCUT2D eigenvalue weighted by molar-refractivity contribution is 5.85. The summed E-state index contributed by atoms with van der Waals surface area (Å²) < 4.78 is 51.2. The highest BCUT2D eigenvalue weighted by atomic mass is 19.2. The highest BCUT2D eigenvalue weighted by Gasteiger charge is 2.48. The summed E-state index contributed by atoms with van der Waals surface area (Å²) in [6, 6.07) is 0. The molecular formula is C8H4F4O4. The van der Waals surface area contributed by atoms with Gasteiger partial charge in [-0.25, -0.2) is 17.6 Å². The van der Waals surface area contributed by atoms with Gasteiger partial charge < -0.3 is 10.2 Å². The first-order valence-electron chi connectivity index (χ1n) is 3.85. The van der Waals surface area contributed by atoms with Crippen molar-refractivity contribution in [3.63, 3.8) is 0 Å². The van der Waals surface area contributed by atoms with Crippen LogP contribution in [0, 0.1) is 11.8 Å². The summed E-state index contributed by atoms with van der Waals surface area (Å²) in [4.78, 5) is 20.9. The van der Waals surface area contributed by atoms with Crippen molar-refractivity contribution in [1.82, 2.24) is 0 Å². The smallest absolute Gasteiger partial charge is 0.314 e. The maximum absolute atomic E-state index is 12.9. The summed E-state index contributed by atoms with van der Waals surface area (Å²) in [7, 11) is 0. The van der Waals surface area contributed by atoms with Crippen LogP contribution in [0.5, 0.6) is 0 Å². The predicted molar refractivity (Wildman–Crippen MR) is 40.7 cm³/mol. The largest absolute Gasteiger partial charge is 0.481 e. The van der Waals surface area contributed by atoms with E-state index in [1.807, 2.05) is 0 Å². The van der Waals surface area contributed by atoms with Crippen LogP contribution in [0.3, 0.4) is 0 Å². The normalized spacial score (nSPS) is 26.0. The summed E-state index contributed by atoms with van der Waals surface area (Å²) in [5.41, 5.74) is 0. The van der Waals surface area contributed by atoms with Crippen molar-refractivity contribution in [3.8, 4) is 0 Å². The molecule has 1 aliphatic rings. The Morgan fingerprint density at radius 1 is 0.812 bits per heavy atom. The second-order valence-corrected chi connectivity index (χ2v) is 2.96. The Morgan fingerprint density at radius 3 is 1.25 bits per heavy atom. The summed E-state index contributed by atoms with van der Waals surface area (Å²) in [6.07, 6.45) is 0. The van der Waals surface area contributed by atoms with Crippen molar-refractivity contribution < 1.29 is 37.4 Å². The van der Waals surface area contributed by atoms with Crippen LogP contribution >= 0.6 is 0 Å². The average Bonchev–Trinajstić information content (AvgIpc) is 2.18. The topological polar surface area (TPSA) is 74.6 Å². The lowest BCUT2D eigenvalue weighted by molar-refractivity contribution is -0.152. The minimum Gasteiger partial charge on any atom is -0.481 e. The summed E-state index contributed by atoms with van der Waals surface area (Å²) in [5.74, 6) is -18.3. The van der Waals surface area contributed by atoms with Crippen molar-refractivity contribution in [2.75, 3.05) is 0 Å². The van der Waals surface area contributed by atoms with Gasteiger partial charge in [-0.05, 0) is 0 Å². The third kappa shape index (κ3) is 1.66. The molecule has 2 N–H and O–H groups in total. The Labute approximate surface area is 85.5 Å². The molecule has 8 heteroatoms. The molecule has 0 aromatic heterocycles. The first-order chi connectivity index (χ1) is 7.29. The number of halogens is 4. The summed E-state index contributed by atoms with van der Waals surface area (Å²) in [5, 5.41) is 16.9. The van der Waals surface area contributed by atoms with Gasteiger partial charge in [-0.2, -0.15) is 0 Å². The molecule has 0 radical (unpaired) electrons. The van der Waals surface area contributed by atoms with Crippen molar-refractivity contribution in [2.24, 2.45) is 11.8 Å². The minimum atomic E-state index is -2.60. The van der Waals surface area contributed by atoms with Crippen LogP contribution in [0.1, 0.15) is 0 Å². The molecule has 4 nitrogen and oxygen atoms in total. The van der Waals surface area contributed by atoms with Crippen molar-refractivity contribution >= 4 is 11.9 Å². The molecule has 88 valence electrons. The highest BCUT2D eigenvalue weighted by Crippen LogP contribution is 2.41. The molecule has 2 unspecified atom stereocenters. The van der Waals surface area contributed by atoms with E-state index in [1.54, 1.807) is 0 Å². The zero-order valence-corrected chi connectivity index (χ0v) is 7.38. The third-order valence-corrected chi connectivity index (χ3v) is 2.02. The molecule has 0 aromatic rings. The molecule has 16 heavy (non-hydrogen) atoms. The Balaban J connectivity index is 3.40. The molecule has 0 aromatic carbocycles. The molecule has 0 saturated heterocycles. The number of carbonyl (C=O) groups is 2. The van der Waals surface area contributed by atoms with Gasteiger partial charge in [-0.3, -0.25) is 9.59 Å². The number of hydrogen-bond donors (Lipinski definition) is 2. The van der Waals surface area contributed by atoms with Crippen LogP contribution in [0.25, 0.3) is 0 Å². The van der Waals surface area contributed by atoms with Gasteiger partial charge in [0.15, 0.2) is 23.3 Å². The third-order valence-electron chi connectivity index (χ3n) is 2.02. The molecular weight excluding hydrogens is 236 g/mol. The number of rotatable bonds is 2. The fourth-order valence-electron chi connectivity index (χ4n) is 1.28. The fourth-order valence-corrected chi connectivity index (χ4v) is 1.28. The van der Waals surface area contributed by atoms with Crippen molar-refractivity contribution in [3.05, 3.63) is 23.3 Å². The molecule has 1 aliphatic carbocycles. The first-order valence-corrected chi connectivity index (χ1v) is 3.85. The van der Waals surface area contributed by atoms with E-state index in [0.717, 1.165) is 0 Å². The van der Waals surface area contributed by atoms with Crippen LogP contribution in [-0.4, -0.2) is 22.2 Å². The van der Waals surface area contributed by atoms with Gasteiger partial charge in [0.2, 0.25) is 0 Å². The van der Waals surface area contributed by atoms with Gasteiger partial charge in [0.25, 0.3) is 0 Å². The van der Waals surface area contributed by atoms with E-state index in [1.165, 1.54) is 0 Å². The second-order valence-electron chi connectivity index (χ2n) is 2.96. The molecule has 0 heterocycles. The predicted octanol–water partition coefficient (Wildman–Crippen LogP) is 1.70. The molecule has 0 fully saturated rings. The first kappa shape index (κ1) is 12.2. The van der Waals surface area contributed by atoms with E-state index in [9.17, 15) is 27.2 Å². The van der Waals surface area contributed by atoms with Crippen molar-refractivity contribution in [2.45, 2.75) is 0 Å². The Morgan fingerprint density at radius 2 is 1.06 bits per heavy atom. The molecule has 0 spiro atoms. The van der Waals surface area contributed by atoms with E-state index in [4.69, 9.17) is 10.2 Å². The lowest BCUT2D eigenvalue weighted by atomic mass is 9.85. The van der Waals surface area contributed by atoms with Gasteiger partial charge >= 0.3 is 11.9 Å². The second kappa shape index (κ2) is 3.95. The Bertz CT molecular complexity index is 386. The van der Waals surface area contributed by atoms with E-state index in [0.29, 0.717) is 0 Å². The van der Waals surface area contributed by atoms with Crippen LogP contribution < -0.4 is 0 Å². The lowest BCUT2D eigenvalue weighted by Crippen LogP contribution is -2.34. The van der Waals surface area contributed by atoms with E-state index >= 15 is 0 Å². The SMILES string of the molecule is O=C(O)C1C(F)=C(F)C(F)=C(F)C1C(=O)O. The zero-order chi connectivity index (χ0) is 12.6. The van der Waals surface area contributed by atoms with Gasteiger partial charge in [-0.1, -0.05) is 0 Å². The van der Waals surface area contributed by atoms with Crippen LogP contribution in [-0.2, 0) is 9.59 Å². The van der Waals surface area contributed by atoms with Gasteiger partial charge in [0.1, 0.15) is 11.8 Å². The molecule has 0 bridgehead atoms. The lowest BCUT2D eigenvalue weighted by Gasteiger charge is -2.21. The monoisotopic (exact) mass is 240 g/mol. The van der Waals surface area contributed by atoms with E-state index in [-0.39, 0.29) is 0 Å². The van der Waals surface area contributed by atoms with Gasteiger partial charge in [0, 0.05) is 0 Å². The van der Waals surface area contributed by atoms with Crippen LogP contribution in [0.4, 0.5) is 17.6 Å². The van der Waals surface area contributed by atoms with Gasteiger partial charge in [0.05, 0.1) is 0 Å². The molecule has 0 aliphatic heterocycles. The summed E-state index contributed by atoms with van der Waals surface area (Å²) in [6.45, 7) is 0. The number of aliphatic carboxylic acids is 2. The number of allylic oxidation sites excluding steroid dienone is 2. The standard InChI is InChI=1S/C8H4F4O4/c9-3-1(7(13)14)2(8(15)16)4(10)6(12)5(3)11/h1-2H,(H,13,14)(H,15,16). The minimum absolute atomic E-state index is 2.09.